The summed E-state index contributed by atoms with van der Waals surface area (Å²) in [5.74, 6) is -1.23. The first kappa shape index (κ1) is 11.9. The molecule has 14 heavy (non-hydrogen) atoms. The van der Waals surface area contributed by atoms with E-state index in [-0.39, 0.29) is 6.61 Å². The highest BCUT2D eigenvalue weighted by atomic mass is 16.7. The topological polar surface area (TPSA) is 79.2 Å². The lowest BCUT2D eigenvalue weighted by Gasteiger charge is -2.24. The van der Waals surface area contributed by atoms with Gasteiger partial charge in [0.1, 0.15) is 6.10 Å². The highest BCUT2D eigenvalue weighted by Crippen LogP contribution is 2.25. The molecular formula is C9H18O5. The molecule has 1 saturated heterocycles. The molecule has 1 aliphatic rings. The summed E-state index contributed by atoms with van der Waals surface area (Å²) >= 11 is 0. The Kier molecular flexibility index (Phi) is 3.86. The Morgan fingerprint density at radius 1 is 1.50 bits per heavy atom. The van der Waals surface area contributed by atoms with Gasteiger partial charge >= 0.3 is 0 Å². The molecule has 0 aromatic rings. The third-order valence-corrected chi connectivity index (χ3v) is 2.05. The van der Waals surface area contributed by atoms with Crippen LogP contribution in [0.15, 0.2) is 0 Å². The van der Waals surface area contributed by atoms with E-state index in [0.29, 0.717) is 12.8 Å². The van der Waals surface area contributed by atoms with Gasteiger partial charge in [-0.2, -0.15) is 0 Å². The first-order chi connectivity index (χ1) is 6.42. The molecule has 3 N–H and O–H groups in total. The Morgan fingerprint density at radius 3 is 2.64 bits per heavy atom. The fourth-order valence-corrected chi connectivity index (χ4v) is 1.44. The molecular weight excluding hydrogens is 188 g/mol. The average Bonchev–Trinajstić information content (AvgIpc) is 2.48. The predicted molar refractivity (Wildman–Crippen MR) is 48.4 cm³/mol. The molecule has 1 aliphatic heterocycles. The predicted octanol–water partition coefficient (Wildman–Crippen LogP) is -0.410. The van der Waals surface area contributed by atoms with Crippen molar-refractivity contribution in [2.45, 2.75) is 51.0 Å². The van der Waals surface area contributed by atoms with Crippen molar-refractivity contribution < 1.29 is 24.8 Å². The third-order valence-electron chi connectivity index (χ3n) is 2.05. The van der Waals surface area contributed by atoms with Crippen LogP contribution < -0.4 is 0 Å². The van der Waals surface area contributed by atoms with Crippen molar-refractivity contribution in [1.82, 2.24) is 0 Å². The van der Waals surface area contributed by atoms with Crippen molar-refractivity contribution >= 4 is 0 Å². The molecule has 5 nitrogen and oxygen atoms in total. The summed E-state index contributed by atoms with van der Waals surface area (Å²) in [6, 6.07) is 0. The van der Waals surface area contributed by atoms with Gasteiger partial charge < -0.3 is 24.8 Å². The Morgan fingerprint density at radius 2 is 2.14 bits per heavy atom. The molecule has 0 radical (unpaired) electrons. The summed E-state index contributed by atoms with van der Waals surface area (Å²) < 4.78 is 10.5. The Bertz CT molecular complexity index is 177. The fourth-order valence-electron chi connectivity index (χ4n) is 1.44. The van der Waals surface area contributed by atoms with Gasteiger partial charge in [-0.3, -0.25) is 0 Å². The highest BCUT2D eigenvalue weighted by Gasteiger charge is 2.33. The molecule has 5 heteroatoms. The molecule has 1 heterocycles. The number of rotatable bonds is 4. The van der Waals surface area contributed by atoms with Crippen molar-refractivity contribution in [2.75, 3.05) is 6.61 Å². The second kappa shape index (κ2) is 4.55. The molecule has 0 aromatic carbocycles. The van der Waals surface area contributed by atoms with Gasteiger partial charge in [0.15, 0.2) is 12.1 Å². The van der Waals surface area contributed by atoms with Gasteiger partial charge in [-0.05, 0) is 20.3 Å². The minimum atomic E-state index is -1.23. The van der Waals surface area contributed by atoms with E-state index in [1.807, 2.05) is 0 Å². The van der Waals surface area contributed by atoms with Crippen LogP contribution in [0.3, 0.4) is 0 Å². The van der Waals surface area contributed by atoms with Gasteiger partial charge in [-0.1, -0.05) is 0 Å². The van der Waals surface area contributed by atoms with Gasteiger partial charge in [0, 0.05) is 6.42 Å². The molecule has 0 unspecified atom stereocenters. The van der Waals surface area contributed by atoms with E-state index in [4.69, 9.17) is 14.6 Å². The van der Waals surface area contributed by atoms with Gasteiger partial charge in [-0.15, -0.1) is 0 Å². The number of aliphatic hydroxyl groups excluding tert-OH is 2. The smallest absolute Gasteiger partial charge is 0.162 e. The third kappa shape index (κ3) is 3.51. The first-order valence-corrected chi connectivity index (χ1v) is 4.77. The zero-order chi connectivity index (χ0) is 10.8. The van der Waals surface area contributed by atoms with Gasteiger partial charge in [0.2, 0.25) is 0 Å². The summed E-state index contributed by atoms with van der Waals surface area (Å²) in [5.41, 5.74) is 0. The molecule has 0 spiro atoms. The van der Waals surface area contributed by atoms with Crippen molar-refractivity contribution in [2.24, 2.45) is 0 Å². The van der Waals surface area contributed by atoms with E-state index in [1.54, 1.807) is 0 Å². The van der Waals surface area contributed by atoms with E-state index in [1.165, 1.54) is 13.8 Å². The lowest BCUT2D eigenvalue weighted by Crippen LogP contribution is -2.33. The first-order valence-electron chi connectivity index (χ1n) is 4.77. The zero-order valence-electron chi connectivity index (χ0n) is 8.51. The standard InChI is InChI=1S/C9H18O5/c1-9(2,12)14-8-4-3-7(13-8)6(11)5-10/h6-8,10-12H,3-5H2,1-2H3/t6-,7+,8-/m1/s1. The molecule has 3 atom stereocenters. The maximum atomic E-state index is 9.35. The minimum absolute atomic E-state index is 0.320. The Hall–Kier alpha value is -0.200. The quantitative estimate of drug-likeness (QED) is 0.545. The van der Waals surface area contributed by atoms with E-state index >= 15 is 0 Å². The van der Waals surface area contributed by atoms with Crippen LogP contribution in [0.4, 0.5) is 0 Å². The second-order valence-corrected chi connectivity index (χ2v) is 4.00. The van der Waals surface area contributed by atoms with Crippen molar-refractivity contribution in [3.05, 3.63) is 0 Å². The monoisotopic (exact) mass is 206 g/mol. The lowest BCUT2D eigenvalue weighted by atomic mass is 10.1. The van der Waals surface area contributed by atoms with Crippen LogP contribution in [0.2, 0.25) is 0 Å². The van der Waals surface area contributed by atoms with Gasteiger partial charge in [-0.25, -0.2) is 0 Å². The number of ether oxygens (including phenoxy) is 2. The molecule has 84 valence electrons. The van der Waals surface area contributed by atoms with Crippen molar-refractivity contribution in [1.29, 1.82) is 0 Å². The van der Waals surface area contributed by atoms with Crippen LogP contribution in [0, 0.1) is 0 Å². The van der Waals surface area contributed by atoms with Crippen molar-refractivity contribution in [3.8, 4) is 0 Å². The highest BCUT2D eigenvalue weighted by molar-refractivity contribution is 4.75. The molecule has 0 bridgehead atoms. The number of hydrogen-bond acceptors (Lipinski definition) is 5. The van der Waals surface area contributed by atoms with E-state index in [2.05, 4.69) is 0 Å². The minimum Gasteiger partial charge on any atom is -0.394 e. The van der Waals surface area contributed by atoms with E-state index in [0.717, 1.165) is 0 Å². The maximum Gasteiger partial charge on any atom is 0.162 e. The molecule has 1 fully saturated rings. The van der Waals surface area contributed by atoms with Crippen LogP contribution in [0.1, 0.15) is 26.7 Å². The molecule has 0 aromatic heterocycles. The molecule has 0 aliphatic carbocycles. The molecule has 1 rings (SSSR count). The van der Waals surface area contributed by atoms with Crippen LogP contribution >= 0.6 is 0 Å². The van der Waals surface area contributed by atoms with Gasteiger partial charge in [0.05, 0.1) is 12.7 Å². The van der Waals surface area contributed by atoms with Crippen LogP contribution in [0.5, 0.6) is 0 Å². The Balaban J connectivity index is 2.34. The summed E-state index contributed by atoms with van der Waals surface area (Å²) in [7, 11) is 0. The van der Waals surface area contributed by atoms with E-state index in [9.17, 15) is 10.2 Å². The van der Waals surface area contributed by atoms with E-state index < -0.39 is 24.3 Å². The van der Waals surface area contributed by atoms with Crippen molar-refractivity contribution in [3.63, 3.8) is 0 Å². The average molecular weight is 206 g/mol. The molecule has 0 amide bonds. The van der Waals surface area contributed by atoms with Crippen LogP contribution in [-0.2, 0) is 9.47 Å². The van der Waals surface area contributed by atoms with Crippen LogP contribution in [0.25, 0.3) is 0 Å². The summed E-state index contributed by atoms with van der Waals surface area (Å²) in [5, 5.41) is 27.3. The fraction of sp³-hybridized carbons (Fsp3) is 1.00. The SMILES string of the molecule is CC(C)(O)O[C@@H]1CC[C@@H]([C@H](O)CO)O1. The normalized spacial score (nSPS) is 30.6. The largest absolute Gasteiger partial charge is 0.394 e. The van der Waals surface area contributed by atoms with Crippen LogP contribution in [-0.4, -0.2) is 46.2 Å². The molecule has 0 saturated carbocycles. The summed E-state index contributed by atoms with van der Waals surface area (Å²) in [4.78, 5) is 0. The summed E-state index contributed by atoms with van der Waals surface area (Å²) in [6.07, 6.45) is -0.521. The zero-order valence-corrected chi connectivity index (χ0v) is 8.51. The number of aliphatic hydroxyl groups is 3. The number of hydrogen-bond donors (Lipinski definition) is 3. The maximum absolute atomic E-state index is 9.35. The van der Waals surface area contributed by atoms with Gasteiger partial charge in [0.25, 0.3) is 0 Å². The lowest BCUT2D eigenvalue weighted by molar-refractivity contribution is -0.273. The second-order valence-electron chi connectivity index (χ2n) is 4.00. The Labute approximate surface area is 83.3 Å². The summed E-state index contributed by atoms with van der Waals surface area (Å²) in [6.45, 7) is 2.72.